The van der Waals surface area contributed by atoms with Crippen molar-refractivity contribution in [3.8, 4) is 6.01 Å². The van der Waals surface area contributed by atoms with E-state index in [1.807, 2.05) is 0 Å². The molecule has 2 fully saturated rings. The number of piperidine rings is 1. The lowest BCUT2D eigenvalue weighted by atomic mass is 10.1. The van der Waals surface area contributed by atoms with Crippen LogP contribution in [0.4, 0.5) is 0 Å². The van der Waals surface area contributed by atoms with E-state index in [1.54, 1.807) is 18.5 Å². The van der Waals surface area contributed by atoms with Crippen LogP contribution in [0.1, 0.15) is 43.5 Å². The van der Waals surface area contributed by atoms with Crippen LogP contribution in [0.2, 0.25) is 0 Å². The summed E-state index contributed by atoms with van der Waals surface area (Å²) < 4.78 is 16.7. The van der Waals surface area contributed by atoms with Crippen LogP contribution in [-0.4, -0.2) is 50.8 Å². The molecule has 0 aromatic carbocycles. The lowest BCUT2D eigenvalue weighted by molar-refractivity contribution is 0.0833. The third kappa shape index (κ3) is 3.70. The van der Waals surface area contributed by atoms with Gasteiger partial charge in [0.15, 0.2) is 5.82 Å². The first kappa shape index (κ1) is 15.5. The van der Waals surface area contributed by atoms with E-state index in [0.717, 1.165) is 51.2 Å². The van der Waals surface area contributed by atoms with E-state index in [0.29, 0.717) is 18.4 Å². The molecule has 0 amide bonds. The van der Waals surface area contributed by atoms with Crippen molar-refractivity contribution in [1.29, 1.82) is 0 Å². The van der Waals surface area contributed by atoms with E-state index < -0.39 is 0 Å². The van der Waals surface area contributed by atoms with Crippen molar-refractivity contribution in [2.45, 2.75) is 44.4 Å². The smallest absolute Gasteiger partial charge is 0.316 e. The summed E-state index contributed by atoms with van der Waals surface area (Å²) in [5.41, 5.74) is 0. The van der Waals surface area contributed by atoms with Crippen LogP contribution in [0.25, 0.3) is 0 Å². The average Bonchev–Trinajstić information content (AvgIpc) is 3.29. The maximum atomic E-state index is 5.81. The van der Waals surface area contributed by atoms with Crippen LogP contribution in [0.3, 0.4) is 0 Å². The third-order valence-electron chi connectivity index (χ3n) is 4.40. The van der Waals surface area contributed by atoms with Gasteiger partial charge in [0, 0.05) is 32.1 Å². The molecule has 0 radical (unpaired) electrons. The Hall–Kier alpha value is -2.06. The summed E-state index contributed by atoms with van der Waals surface area (Å²) in [5, 5.41) is 4.08. The second kappa shape index (κ2) is 7.23. The summed E-state index contributed by atoms with van der Waals surface area (Å²) in [6.45, 7) is 3.34. The van der Waals surface area contributed by atoms with Crippen LogP contribution < -0.4 is 4.74 Å². The van der Waals surface area contributed by atoms with E-state index in [9.17, 15) is 0 Å². The van der Waals surface area contributed by atoms with Crippen LogP contribution in [0.5, 0.6) is 6.01 Å². The maximum Gasteiger partial charge on any atom is 0.316 e. The van der Waals surface area contributed by atoms with Gasteiger partial charge < -0.3 is 14.0 Å². The highest BCUT2D eigenvalue weighted by molar-refractivity contribution is 4.96. The Morgan fingerprint density at radius 1 is 1.17 bits per heavy atom. The second-order valence-corrected chi connectivity index (χ2v) is 6.18. The Kier molecular flexibility index (Phi) is 4.66. The highest BCUT2D eigenvalue weighted by Gasteiger charge is 2.26. The normalized spacial score (nSPS) is 22.8. The predicted octanol–water partition coefficient (Wildman–Crippen LogP) is 1.75. The molecule has 0 aliphatic carbocycles. The van der Waals surface area contributed by atoms with Gasteiger partial charge in [0.1, 0.15) is 12.2 Å². The van der Waals surface area contributed by atoms with Gasteiger partial charge >= 0.3 is 6.01 Å². The van der Waals surface area contributed by atoms with Gasteiger partial charge in [-0.05, 0) is 31.7 Å². The minimum absolute atomic E-state index is 0.0174. The van der Waals surface area contributed by atoms with Crippen molar-refractivity contribution >= 4 is 0 Å². The van der Waals surface area contributed by atoms with Gasteiger partial charge in [-0.15, -0.1) is 0 Å². The van der Waals surface area contributed by atoms with E-state index in [-0.39, 0.29) is 12.2 Å². The predicted molar refractivity (Wildman–Crippen MR) is 83.2 cm³/mol. The molecular weight excluding hydrogens is 310 g/mol. The highest BCUT2D eigenvalue weighted by Crippen LogP contribution is 2.27. The van der Waals surface area contributed by atoms with Crippen LogP contribution in [-0.2, 0) is 11.3 Å². The van der Waals surface area contributed by atoms with E-state index in [1.165, 1.54) is 0 Å². The summed E-state index contributed by atoms with van der Waals surface area (Å²) in [5.74, 6) is 1.34. The number of aromatic nitrogens is 4. The number of hydrogen-bond donors (Lipinski definition) is 0. The van der Waals surface area contributed by atoms with Crippen molar-refractivity contribution in [2.24, 2.45) is 0 Å². The molecule has 24 heavy (non-hydrogen) atoms. The number of hydrogen-bond acceptors (Lipinski definition) is 8. The Labute approximate surface area is 140 Å². The van der Waals surface area contributed by atoms with Gasteiger partial charge in [0.25, 0.3) is 5.89 Å². The third-order valence-corrected chi connectivity index (χ3v) is 4.40. The second-order valence-electron chi connectivity index (χ2n) is 6.18. The first-order valence-electron chi connectivity index (χ1n) is 8.47. The molecule has 4 rings (SSSR count). The number of likely N-dealkylation sites (tertiary alicyclic amines) is 1. The summed E-state index contributed by atoms with van der Waals surface area (Å²) >= 11 is 0. The van der Waals surface area contributed by atoms with Gasteiger partial charge in [-0.1, -0.05) is 5.16 Å². The molecule has 2 aliphatic rings. The number of ether oxygens (including phenoxy) is 2. The van der Waals surface area contributed by atoms with Crippen molar-refractivity contribution in [3.05, 3.63) is 30.2 Å². The Balaban J connectivity index is 1.26. The Bertz CT molecular complexity index is 636. The zero-order valence-corrected chi connectivity index (χ0v) is 13.5. The summed E-state index contributed by atoms with van der Waals surface area (Å²) in [7, 11) is 0. The maximum absolute atomic E-state index is 5.81. The fraction of sp³-hybridized carbons (Fsp3) is 0.625. The standard InChI is InChI=1S/C16H21N5O3/c1-3-13(22-10-1)15-19-14(20-24-15)11-21-8-4-12(5-9-21)23-16-17-6-2-7-18-16/h2,6-7,12-13H,1,3-5,8-11H2/t13-/m1/s1. The molecule has 2 aliphatic heterocycles. The lowest BCUT2D eigenvalue weighted by Gasteiger charge is -2.30. The Morgan fingerprint density at radius 3 is 2.75 bits per heavy atom. The molecule has 0 bridgehead atoms. The van der Waals surface area contributed by atoms with E-state index in [2.05, 4.69) is 25.0 Å². The molecule has 8 nitrogen and oxygen atoms in total. The van der Waals surface area contributed by atoms with Gasteiger partial charge in [-0.3, -0.25) is 4.90 Å². The molecule has 0 spiro atoms. The molecule has 0 N–H and O–H groups in total. The topological polar surface area (TPSA) is 86.4 Å². The van der Waals surface area contributed by atoms with Gasteiger partial charge in [-0.25, -0.2) is 9.97 Å². The van der Waals surface area contributed by atoms with Crippen molar-refractivity contribution in [1.82, 2.24) is 25.0 Å². The van der Waals surface area contributed by atoms with E-state index in [4.69, 9.17) is 14.0 Å². The molecule has 8 heteroatoms. The van der Waals surface area contributed by atoms with Gasteiger partial charge in [-0.2, -0.15) is 4.98 Å². The summed E-state index contributed by atoms with van der Waals surface area (Å²) in [6.07, 6.45) is 7.43. The monoisotopic (exact) mass is 331 g/mol. The summed E-state index contributed by atoms with van der Waals surface area (Å²) in [4.78, 5) is 15.0. The molecule has 0 unspecified atom stereocenters. The average molecular weight is 331 g/mol. The van der Waals surface area contributed by atoms with E-state index >= 15 is 0 Å². The fourth-order valence-corrected chi connectivity index (χ4v) is 3.12. The number of rotatable bonds is 5. The lowest BCUT2D eigenvalue weighted by Crippen LogP contribution is -2.38. The molecule has 0 saturated carbocycles. The molecular formula is C16H21N5O3. The minimum Gasteiger partial charge on any atom is -0.460 e. The molecule has 2 aromatic heterocycles. The zero-order valence-electron chi connectivity index (χ0n) is 13.5. The van der Waals surface area contributed by atoms with Crippen molar-refractivity contribution in [3.63, 3.8) is 0 Å². The molecule has 4 heterocycles. The van der Waals surface area contributed by atoms with Gasteiger partial charge in [0.2, 0.25) is 0 Å². The van der Waals surface area contributed by atoms with Crippen molar-refractivity contribution in [2.75, 3.05) is 19.7 Å². The van der Waals surface area contributed by atoms with Crippen LogP contribution >= 0.6 is 0 Å². The number of nitrogens with zero attached hydrogens (tertiary/aromatic N) is 5. The largest absolute Gasteiger partial charge is 0.460 e. The molecule has 1 atom stereocenters. The first-order valence-corrected chi connectivity index (χ1v) is 8.47. The van der Waals surface area contributed by atoms with Gasteiger partial charge in [0.05, 0.1) is 6.54 Å². The SMILES string of the molecule is c1cnc(OC2CCN(Cc3noc([C@H]4CCCO4)n3)CC2)nc1. The quantitative estimate of drug-likeness (QED) is 0.819. The van der Waals surface area contributed by atoms with Crippen LogP contribution in [0, 0.1) is 0 Å². The summed E-state index contributed by atoms with van der Waals surface area (Å²) in [6, 6.07) is 2.24. The van der Waals surface area contributed by atoms with Crippen molar-refractivity contribution < 1.29 is 14.0 Å². The minimum atomic E-state index is -0.0174. The molecule has 2 aromatic rings. The van der Waals surface area contributed by atoms with Crippen LogP contribution in [0.15, 0.2) is 23.0 Å². The molecule has 2 saturated heterocycles. The Morgan fingerprint density at radius 2 is 2.00 bits per heavy atom. The first-order chi connectivity index (χ1) is 11.9. The fourth-order valence-electron chi connectivity index (χ4n) is 3.12. The highest BCUT2D eigenvalue weighted by atomic mass is 16.5. The zero-order chi connectivity index (χ0) is 16.2. The molecule has 128 valence electrons.